The summed E-state index contributed by atoms with van der Waals surface area (Å²) in [4.78, 5) is 22.0. The van der Waals surface area contributed by atoms with Crippen LogP contribution in [-0.2, 0) is 9.59 Å². The SMILES string of the molecule is CC(C)[C@H](N)C(=O)N[C@@H](C(=O)O)[C@H](C)O. The Kier molecular flexibility index (Phi) is 5.24. The average molecular weight is 218 g/mol. The highest BCUT2D eigenvalue weighted by molar-refractivity contribution is 5.87. The number of carboxylic acids is 1. The van der Waals surface area contributed by atoms with E-state index in [4.69, 9.17) is 15.9 Å². The van der Waals surface area contributed by atoms with Crippen LogP contribution in [0.25, 0.3) is 0 Å². The van der Waals surface area contributed by atoms with E-state index >= 15 is 0 Å². The van der Waals surface area contributed by atoms with E-state index in [2.05, 4.69) is 5.32 Å². The standard InChI is InChI=1S/C9H18N2O4/c1-4(2)6(10)8(13)11-7(5(3)12)9(14)15/h4-7,12H,10H2,1-3H3,(H,11,13)(H,14,15)/t5-,6-,7+/m0/s1. The minimum atomic E-state index is -1.32. The van der Waals surface area contributed by atoms with Crippen molar-refractivity contribution in [3.05, 3.63) is 0 Å². The molecule has 6 heteroatoms. The maximum Gasteiger partial charge on any atom is 0.328 e. The van der Waals surface area contributed by atoms with Gasteiger partial charge in [0.15, 0.2) is 6.04 Å². The van der Waals surface area contributed by atoms with E-state index in [1.165, 1.54) is 6.92 Å². The summed E-state index contributed by atoms with van der Waals surface area (Å²) >= 11 is 0. The molecule has 0 aliphatic carbocycles. The van der Waals surface area contributed by atoms with E-state index in [1.807, 2.05) is 0 Å². The molecule has 0 radical (unpaired) electrons. The normalized spacial score (nSPS) is 16.9. The molecule has 0 saturated heterocycles. The van der Waals surface area contributed by atoms with Gasteiger partial charge in [0, 0.05) is 0 Å². The molecule has 0 aliphatic rings. The molecule has 0 aromatic carbocycles. The molecule has 88 valence electrons. The van der Waals surface area contributed by atoms with Crippen LogP contribution in [0.15, 0.2) is 0 Å². The molecule has 0 fully saturated rings. The number of nitrogens with two attached hydrogens (primary N) is 1. The van der Waals surface area contributed by atoms with Crippen molar-refractivity contribution < 1.29 is 19.8 Å². The molecule has 0 bridgehead atoms. The predicted molar refractivity (Wildman–Crippen MR) is 54.1 cm³/mol. The van der Waals surface area contributed by atoms with Crippen LogP contribution in [0.2, 0.25) is 0 Å². The van der Waals surface area contributed by atoms with Gasteiger partial charge in [0.25, 0.3) is 0 Å². The molecule has 1 amide bonds. The summed E-state index contributed by atoms with van der Waals surface area (Å²) in [6.07, 6.45) is -1.16. The predicted octanol–water partition coefficient (Wildman–Crippen LogP) is -1.08. The molecular formula is C9H18N2O4. The number of amides is 1. The highest BCUT2D eigenvalue weighted by Gasteiger charge is 2.27. The fourth-order valence-corrected chi connectivity index (χ4v) is 0.941. The second-order valence-corrected chi connectivity index (χ2v) is 3.83. The van der Waals surface area contributed by atoms with Crippen LogP contribution in [0.1, 0.15) is 20.8 Å². The number of rotatable bonds is 5. The summed E-state index contributed by atoms with van der Waals surface area (Å²) in [6, 6.07) is -2.09. The third-order valence-corrected chi connectivity index (χ3v) is 2.07. The molecule has 5 N–H and O–H groups in total. The van der Waals surface area contributed by atoms with E-state index in [1.54, 1.807) is 13.8 Å². The molecule has 0 spiro atoms. The monoisotopic (exact) mass is 218 g/mol. The Balaban J connectivity index is 4.43. The number of hydrogen-bond acceptors (Lipinski definition) is 4. The molecule has 15 heavy (non-hydrogen) atoms. The zero-order valence-electron chi connectivity index (χ0n) is 9.10. The van der Waals surface area contributed by atoms with Crippen molar-refractivity contribution in [2.45, 2.75) is 39.0 Å². The molecule has 0 heterocycles. The Morgan fingerprint density at radius 1 is 1.27 bits per heavy atom. The van der Waals surface area contributed by atoms with Gasteiger partial charge in [-0.05, 0) is 12.8 Å². The zero-order chi connectivity index (χ0) is 12.2. The first-order chi connectivity index (χ1) is 6.77. The third-order valence-electron chi connectivity index (χ3n) is 2.07. The zero-order valence-corrected chi connectivity index (χ0v) is 9.10. The number of nitrogens with one attached hydrogen (secondary N) is 1. The van der Waals surface area contributed by atoms with E-state index in [-0.39, 0.29) is 5.92 Å². The fraction of sp³-hybridized carbons (Fsp3) is 0.778. The lowest BCUT2D eigenvalue weighted by Crippen LogP contribution is -2.53. The quantitative estimate of drug-likeness (QED) is 0.469. The van der Waals surface area contributed by atoms with Crippen molar-refractivity contribution >= 4 is 11.9 Å². The maximum atomic E-state index is 11.4. The summed E-state index contributed by atoms with van der Waals surface area (Å²) < 4.78 is 0. The second kappa shape index (κ2) is 5.67. The minimum Gasteiger partial charge on any atom is -0.480 e. The van der Waals surface area contributed by atoms with Crippen molar-refractivity contribution in [1.82, 2.24) is 5.32 Å². The first kappa shape index (κ1) is 13.9. The van der Waals surface area contributed by atoms with Gasteiger partial charge >= 0.3 is 5.97 Å². The van der Waals surface area contributed by atoms with Crippen LogP contribution in [0.4, 0.5) is 0 Å². The van der Waals surface area contributed by atoms with Crippen molar-refractivity contribution in [3.8, 4) is 0 Å². The van der Waals surface area contributed by atoms with Crippen molar-refractivity contribution in [2.75, 3.05) is 0 Å². The lowest BCUT2D eigenvalue weighted by Gasteiger charge is -2.21. The lowest BCUT2D eigenvalue weighted by molar-refractivity contribution is -0.145. The summed E-state index contributed by atoms with van der Waals surface area (Å²) in [7, 11) is 0. The van der Waals surface area contributed by atoms with Crippen LogP contribution in [0.3, 0.4) is 0 Å². The fourth-order valence-electron chi connectivity index (χ4n) is 0.941. The molecule has 0 aromatic rings. The molecule has 0 aromatic heterocycles. The van der Waals surface area contributed by atoms with Gasteiger partial charge in [0.05, 0.1) is 12.1 Å². The van der Waals surface area contributed by atoms with Crippen LogP contribution < -0.4 is 11.1 Å². The third kappa shape index (κ3) is 4.26. The Hall–Kier alpha value is -1.14. The van der Waals surface area contributed by atoms with Gasteiger partial charge in [0.2, 0.25) is 5.91 Å². The highest BCUT2D eigenvalue weighted by atomic mass is 16.4. The molecule has 0 saturated carbocycles. The first-order valence-corrected chi connectivity index (χ1v) is 4.74. The highest BCUT2D eigenvalue weighted by Crippen LogP contribution is 2.00. The Labute approximate surface area is 88.5 Å². The molecule has 6 nitrogen and oxygen atoms in total. The molecule has 3 atom stereocenters. The molecule has 0 unspecified atom stereocenters. The van der Waals surface area contributed by atoms with Crippen LogP contribution in [-0.4, -0.2) is 40.3 Å². The summed E-state index contributed by atoms with van der Waals surface area (Å²) in [5, 5.41) is 20.0. The number of aliphatic hydroxyl groups excluding tert-OH is 1. The van der Waals surface area contributed by atoms with E-state index in [0.717, 1.165) is 0 Å². The molecule has 0 aliphatic heterocycles. The topological polar surface area (TPSA) is 113 Å². The van der Waals surface area contributed by atoms with Crippen LogP contribution >= 0.6 is 0 Å². The van der Waals surface area contributed by atoms with Crippen LogP contribution in [0, 0.1) is 5.92 Å². The van der Waals surface area contributed by atoms with Gasteiger partial charge in [-0.3, -0.25) is 4.79 Å². The number of carbonyl (C=O) groups is 2. The molecular weight excluding hydrogens is 200 g/mol. The van der Waals surface area contributed by atoms with Gasteiger partial charge < -0.3 is 21.3 Å². The van der Waals surface area contributed by atoms with Gasteiger partial charge in [-0.1, -0.05) is 13.8 Å². The Morgan fingerprint density at radius 2 is 1.73 bits per heavy atom. The largest absolute Gasteiger partial charge is 0.480 e. The number of aliphatic carboxylic acids is 1. The number of hydrogen-bond donors (Lipinski definition) is 4. The Morgan fingerprint density at radius 3 is 2.00 bits per heavy atom. The lowest BCUT2D eigenvalue weighted by atomic mass is 10.0. The summed E-state index contributed by atoms with van der Waals surface area (Å²) in [5.41, 5.74) is 5.52. The average Bonchev–Trinajstić information content (AvgIpc) is 2.11. The van der Waals surface area contributed by atoms with Gasteiger partial charge in [-0.25, -0.2) is 4.79 Å². The Bertz CT molecular complexity index is 240. The maximum absolute atomic E-state index is 11.4. The minimum absolute atomic E-state index is 0.0894. The second-order valence-electron chi connectivity index (χ2n) is 3.83. The summed E-state index contributed by atoms with van der Waals surface area (Å²) in [6.45, 7) is 4.80. The number of carboxylic acid groups (broad SMARTS) is 1. The van der Waals surface area contributed by atoms with Crippen molar-refractivity contribution in [2.24, 2.45) is 11.7 Å². The number of carbonyl (C=O) groups excluding carboxylic acids is 1. The van der Waals surface area contributed by atoms with E-state index in [0.29, 0.717) is 0 Å². The summed E-state index contributed by atoms with van der Waals surface area (Å²) in [5.74, 6) is -1.94. The van der Waals surface area contributed by atoms with Gasteiger partial charge in [-0.2, -0.15) is 0 Å². The number of aliphatic hydroxyl groups is 1. The van der Waals surface area contributed by atoms with Crippen molar-refractivity contribution in [1.29, 1.82) is 0 Å². The van der Waals surface area contributed by atoms with E-state index < -0.39 is 30.1 Å². The van der Waals surface area contributed by atoms with E-state index in [9.17, 15) is 9.59 Å². The van der Waals surface area contributed by atoms with Gasteiger partial charge in [0.1, 0.15) is 0 Å². The van der Waals surface area contributed by atoms with Gasteiger partial charge in [-0.15, -0.1) is 0 Å². The van der Waals surface area contributed by atoms with Crippen molar-refractivity contribution in [3.63, 3.8) is 0 Å². The first-order valence-electron chi connectivity index (χ1n) is 4.74. The smallest absolute Gasteiger partial charge is 0.328 e. The van der Waals surface area contributed by atoms with Crippen LogP contribution in [0.5, 0.6) is 0 Å². The molecule has 0 rings (SSSR count).